The van der Waals surface area contributed by atoms with E-state index in [0.29, 0.717) is 42.9 Å². The van der Waals surface area contributed by atoms with Gasteiger partial charge in [0.15, 0.2) is 12.3 Å². The van der Waals surface area contributed by atoms with Crippen LogP contribution in [0.25, 0.3) is 0 Å². The van der Waals surface area contributed by atoms with Crippen molar-refractivity contribution in [2.75, 3.05) is 26.2 Å². The van der Waals surface area contributed by atoms with Gasteiger partial charge in [-0.1, -0.05) is 18.2 Å². The number of halogens is 3. The molecule has 2 fully saturated rings. The van der Waals surface area contributed by atoms with E-state index in [1.807, 2.05) is 0 Å². The second kappa shape index (κ2) is 10.8. The summed E-state index contributed by atoms with van der Waals surface area (Å²) in [6, 6.07) is 8.09. The number of para-hydroxylation sites is 1. The molecule has 2 amide bonds. The van der Waals surface area contributed by atoms with E-state index in [9.17, 15) is 33.0 Å². The largest absolute Gasteiger partial charge is 0.483 e. The third kappa shape index (κ3) is 6.38. The van der Waals surface area contributed by atoms with E-state index in [1.165, 1.54) is 4.68 Å². The first-order chi connectivity index (χ1) is 18.5. The van der Waals surface area contributed by atoms with Crippen molar-refractivity contribution in [1.82, 2.24) is 20.0 Å². The monoisotopic (exact) mass is 550 g/mol. The summed E-state index contributed by atoms with van der Waals surface area (Å²) < 4.78 is 46.5. The Morgan fingerprint density at radius 1 is 1.15 bits per heavy atom. The van der Waals surface area contributed by atoms with Crippen molar-refractivity contribution in [3.8, 4) is 5.75 Å². The number of aliphatic hydroxyl groups excluding tert-OH is 2. The van der Waals surface area contributed by atoms with E-state index < -0.39 is 29.5 Å². The summed E-state index contributed by atoms with van der Waals surface area (Å²) >= 11 is 0. The Morgan fingerprint density at radius 2 is 1.87 bits per heavy atom. The summed E-state index contributed by atoms with van der Waals surface area (Å²) in [5, 5.41) is 28.2. The lowest BCUT2D eigenvalue weighted by Gasteiger charge is -2.43. The van der Waals surface area contributed by atoms with Crippen LogP contribution >= 0.6 is 0 Å². The molecule has 2 atom stereocenters. The summed E-state index contributed by atoms with van der Waals surface area (Å²) in [5.41, 5.74) is -0.436. The zero-order valence-electron chi connectivity index (χ0n) is 21.5. The molecule has 3 aliphatic rings. The highest BCUT2D eigenvalue weighted by Crippen LogP contribution is 2.42. The number of fused-ring (bicyclic) bond motifs is 1. The number of carbonyl (C=O) groups is 2. The van der Waals surface area contributed by atoms with Gasteiger partial charge in [0.25, 0.3) is 5.91 Å². The second-order valence-electron chi connectivity index (χ2n) is 11.0. The fourth-order valence-electron chi connectivity index (χ4n) is 5.55. The average Bonchev–Trinajstić information content (AvgIpc) is 3.65. The summed E-state index contributed by atoms with van der Waals surface area (Å²) in [5.74, 6) is -0.170. The van der Waals surface area contributed by atoms with Crippen LogP contribution in [0.15, 0.2) is 30.3 Å². The Labute approximate surface area is 223 Å². The molecule has 39 heavy (non-hydrogen) atoms. The Morgan fingerprint density at radius 3 is 2.56 bits per heavy atom. The topological polar surface area (TPSA) is 117 Å². The van der Waals surface area contributed by atoms with Crippen LogP contribution in [0.4, 0.5) is 13.2 Å². The lowest BCUT2D eigenvalue weighted by atomic mass is 9.73. The fraction of sp³-hybridized carbons (Fsp3) is 0.593. The maximum absolute atomic E-state index is 13.2. The number of rotatable bonds is 3. The van der Waals surface area contributed by atoms with Gasteiger partial charge in [0.05, 0.1) is 12.2 Å². The Kier molecular flexibility index (Phi) is 7.60. The smallest absolute Gasteiger partial charge is 0.435 e. The van der Waals surface area contributed by atoms with E-state index in [-0.39, 0.29) is 50.3 Å². The van der Waals surface area contributed by atoms with Crippen LogP contribution < -0.4 is 10.1 Å². The molecule has 3 N–H and O–H groups in total. The van der Waals surface area contributed by atoms with Crippen molar-refractivity contribution in [3.05, 3.63) is 47.3 Å². The van der Waals surface area contributed by atoms with Crippen LogP contribution in [0, 0.1) is 5.41 Å². The quantitative estimate of drug-likeness (QED) is 0.540. The van der Waals surface area contributed by atoms with Crippen molar-refractivity contribution in [1.29, 1.82) is 0 Å². The summed E-state index contributed by atoms with van der Waals surface area (Å²) in [4.78, 5) is 27.2. The summed E-state index contributed by atoms with van der Waals surface area (Å²) in [7, 11) is 0. The van der Waals surface area contributed by atoms with Gasteiger partial charge in [0, 0.05) is 37.7 Å². The van der Waals surface area contributed by atoms with Crippen molar-refractivity contribution >= 4 is 11.8 Å². The van der Waals surface area contributed by atoms with Gasteiger partial charge in [-0.15, -0.1) is 0 Å². The molecule has 5 rings (SSSR count). The minimum atomic E-state index is -4.58. The maximum Gasteiger partial charge on any atom is 0.435 e. The first-order valence-electron chi connectivity index (χ1n) is 13.3. The average molecular weight is 551 g/mol. The molecular weight excluding hydrogens is 517 g/mol. The highest BCUT2D eigenvalue weighted by molar-refractivity contribution is 5.77. The van der Waals surface area contributed by atoms with E-state index in [0.717, 1.165) is 18.9 Å². The van der Waals surface area contributed by atoms with Crippen LogP contribution in [-0.2, 0) is 28.7 Å². The molecule has 212 valence electrons. The summed E-state index contributed by atoms with van der Waals surface area (Å²) in [6.07, 6.45) is -3.86. The third-order valence-corrected chi connectivity index (χ3v) is 8.07. The number of amides is 2. The normalized spacial score (nSPS) is 24.2. The number of ether oxygens (including phenoxy) is 1. The predicted molar refractivity (Wildman–Crippen MR) is 133 cm³/mol. The first-order valence-corrected chi connectivity index (χ1v) is 13.3. The van der Waals surface area contributed by atoms with E-state index in [4.69, 9.17) is 4.74 Å². The van der Waals surface area contributed by atoms with Gasteiger partial charge in [-0.2, -0.15) is 18.3 Å². The van der Waals surface area contributed by atoms with Gasteiger partial charge in [0.1, 0.15) is 12.3 Å². The number of benzene rings is 1. The molecule has 0 radical (unpaired) electrons. The number of carbonyl (C=O) groups excluding carboxylic acids is 2. The number of likely N-dealkylation sites (tertiary alicyclic amines) is 1. The molecule has 1 aliphatic carbocycles. The predicted octanol–water partition coefficient (Wildman–Crippen LogP) is 2.25. The van der Waals surface area contributed by atoms with Crippen molar-refractivity contribution < 1.29 is 37.7 Å². The minimum Gasteiger partial charge on any atom is -0.483 e. The molecule has 1 saturated carbocycles. The van der Waals surface area contributed by atoms with Crippen LogP contribution in [-0.4, -0.2) is 75.2 Å². The number of aliphatic hydroxyl groups is 2. The van der Waals surface area contributed by atoms with Crippen LogP contribution in [0.5, 0.6) is 5.75 Å². The number of alkyl halides is 3. The molecule has 2 aliphatic heterocycles. The second-order valence-corrected chi connectivity index (χ2v) is 11.0. The molecule has 1 aromatic carbocycles. The van der Waals surface area contributed by atoms with Gasteiger partial charge in [-0.25, -0.2) is 0 Å². The molecule has 3 heterocycles. The Balaban J connectivity index is 1.26. The summed E-state index contributed by atoms with van der Waals surface area (Å²) in [6.45, 7) is 0.391. The zero-order chi connectivity index (χ0) is 27.8. The lowest BCUT2D eigenvalue weighted by molar-refractivity contribution is -0.142. The molecular formula is C27H33F3N4O5. The number of aromatic nitrogens is 2. The number of hydrogen-bond acceptors (Lipinski definition) is 6. The maximum atomic E-state index is 13.2. The molecule has 9 nitrogen and oxygen atoms in total. The molecule has 12 heteroatoms. The highest BCUT2D eigenvalue weighted by Gasteiger charge is 2.41. The van der Waals surface area contributed by atoms with Gasteiger partial charge in [-0.3, -0.25) is 14.3 Å². The molecule has 1 saturated heterocycles. The van der Waals surface area contributed by atoms with Crippen molar-refractivity contribution in [2.24, 2.45) is 5.41 Å². The standard InChI is InChI=1S/C27H33F3N4O5/c28-27(29,30)23-12-19(17-5-6-17)34(32-23)14-25(38)33-9-7-26(8-10-33)13-21(36)20(35)11-18-3-1-2-4-22(18)39-15-24(37)31-16-26/h1-4,12,17,20-21,35-36H,5-11,13-16H2,(H,31,37)/t20-,21+/m0/s1. The van der Waals surface area contributed by atoms with Crippen LogP contribution in [0.3, 0.4) is 0 Å². The highest BCUT2D eigenvalue weighted by atomic mass is 19.4. The first kappa shape index (κ1) is 27.4. The third-order valence-electron chi connectivity index (χ3n) is 8.07. The number of piperidine rings is 1. The zero-order valence-corrected chi connectivity index (χ0v) is 21.5. The van der Waals surface area contributed by atoms with Crippen molar-refractivity contribution in [3.63, 3.8) is 0 Å². The molecule has 1 aromatic heterocycles. The number of nitrogens with zero attached hydrogens (tertiary/aromatic N) is 3. The minimum absolute atomic E-state index is 0.00489. The van der Waals surface area contributed by atoms with Gasteiger partial charge < -0.3 is 25.2 Å². The Bertz CT molecular complexity index is 1200. The van der Waals surface area contributed by atoms with Crippen LogP contribution in [0.2, 0.25) is 0 Å². The molecule has 2 aromatic rings. The van der Waals surface area contributed by atoms with E-state index in [1.54, 1.807) is 29.2 Å². The van der Waals surface area contributed by atoms with Crippen molar-refractivity contribution in [2.45, 2.75) is 69.4 Å². The Hall–Kier alpha value is -3.12. The molecule has 0 bridgehead atoms. The van der Waals surface area contributed by atoms with E-state index in [2.05, 4.69) is 10.4 Å². The molecule has 1 spiro atoms. The fourth-order valence-corrected chi connectivity index (χ4v) is 5.55. The SMILES string of the molecule is O=C1COc2ccccc2C[C@H](O)[C@H](O)CC2(CCN(C(=O)Cn3nc(C(F)(F)F)cc3C3CC3)CC2)CN1. The van der Waals surface area contributed by atoms with Gasteiger partial charge in [0.2, 0.25) is 5.91 Å². The number of hydrogen-bond donors (Lipinski definition) is 3. The van der Waals surface area contributed by atoms with Gasteiger partial charge in [-0.05, 0) is 55.2 Å². The van der Waals surface area contributed by atoms with E-state index >= 15 is 0 Å². The molecule has 0 unspecified atom stereocenters. The van der Waals surface area contributed by atoms with Gasteiger partial charge >= 0.3 is 6.18 Å². The van der Waals surface area contributed by atoms with Crippen LogP contribution in [0.1, 0.15) is 55.0 Å². The lowest BCUT2D eigenvalue weighted by Crippen LogP contribution is -2.51. The number of nitrogens with one attached hydrogen (secondary N) is 1.